The smallest absolute Gasteiger partial charge is 0.247 e. The van der Waals surface area contributed by atoms with Crippen molar-refractivity contribution in [1.82, 2.24) is 25.1 Å². The molecule has 1 unspecified atom stereocenters. The Morgan fingerprint density at radius 1 is 1.29 bits per heavy atom. The normalized spacial score (nSPS) is 18.1. The number of methoxy groups -OCH3 is 1. The molecule has 3 heterocycles. The van der Waals surface area contributed by atoms with Gasteiger partial charge >= 0.3 is 0 Å². The van der Waals surface area contributed by atoms with Gasteiger partial charge in [-0.25, -0.2) is 4.98 Å². The third-order valence-corrected chi connectivity index (χ3v) is 4.33. The monoisotopic (exact) mass is 325 g/mol. The van der Waals surface area contributed by atoms with Crippen molar-refractivity contribution in [2.75, 3.05) is 20.2 Å². The van der Waals surface area contributed by atoms with Crippen molar-refractivity contribution in [3.05, 3.63) is 48.4 Å². The summed E-state index contributed by atoms with van der Waals surface area (Å²) in [5.74, 6) is 3.34. The van der Waals surface area contributed by atoms with E-state index in [1.807, 2.05) is 30.5 Å². The molecular formula is C17H19N5O2. The quantitative estimate of drug-likeness (QED) is 0.776. The van der Waals surface area contributed by atoms with E-state index in [4.69, 9.17) is 9.15 Å². The molecular weight excluding hydrogens is 306 g/mol. The molecule has 0 bridgehead atoms. The Balaban J connectivity index is 1.43. The van der Waals surface area contributed by atoms with Crippen molar-refractivity contribution >= 4 is 0 Å². The zero-order valence-electron chi connectivity index (χ0n) is 13.5. The number of likely N-dealkylation sites (tertiary alicyclic amines) is 1. The van der Waals surface area contributed by atoms with Crippen LogP contribution in [0.25, 0.3) is 11.5 Å². The second-order valence-electron chi connectivity index (χ2n) is 5.93. The van der Waals surface area contributed by atoms with E-state index < -0.39 is 0 Å². The van der Waals surface area contributed by atoms with Crippen molar-refractivity contribution in [3.63, 3.8) is 0 Å². The van der Waals surface area contributed by atoms with Gasteiger partial charge in [-0.2, -0.15) is 0 Å². The van der Waals surface area contributed by atoms with Crippen molar-refractivity contribution in [2.45, 2.75) is 18.9 Å². The van der Waals surface area contributed by atoms with Crippen LogP contribution in [0, 0.1) is 0 Å². The minimum atomic E-state index is 0.277. The molecule has 1 aliphatic heterocycles. The number of rotatable bonds is 5. The van der Waals surface area contributed by atoms with E-state index in [1.165, 1.54) is 0 Å². The number of nitrogens with zero attached hydrogens (tertiary/aromatic N) is 4. The minimum Gasteiger partial charge on any atom is -0.497 e. The predicted molar refractivity (Wildman–Crippen MR) is 87.5 cm³/mol. The molecule has 7 heteroatoms. The number of aromatic amines is 1. The Morgan fingerprint density at radius 3 is 2.92 bits per heavy atom. The van der Waals surface area contributed by atoms with Crippen molar-refractivity contribution in [1.29, 1.82) is 0 Å². The summed E-state index contributed by atoms with van der Waals surface area (Å²) in [6.07, 6.45) is 4.65. The summed E-state index contributed by atoms with van der Waals surface area (Å²) in [5, 5.41) is 8.44. The standard InChI is InChI=1S/C17H19N5O2/c1-23-14-4-2-12(3-5-14)16-20-21-17(24-16)13-6-9-22(10-13)11-15-18-7-8-19-15/h2-5,7-8,13H,6,9-11H2,1H3,(H,18,19). The summed E-state index contributed by atoms with van der Waals surface area (Å²) < 4.78 is 11.1. The van der Waals surface area contributed by atoms with E-state index in [-0.39, 0.29) is 5.92 Å². The van der Waals surface area contributed by atoms with Crippen LogP contribution in [0.3, 0.4) is 0 Å². The Labute approximate surface area is 139 Å². The van der Waals surface area contributed by atoms with Crippen LogP contribution in [0.15, 0.2) is 41.1 Å². The molecule has 1 atom stereocenters. The van der Waals surface area contributed by atoms with Gasteiger partial charge in [0.2, 0.25) is 11.8 Å². The van der Waals surface area contributed by atoms with Crippen LogP contribution >= 0.6 is 0 Å². The lowest BCUT2D eigenvalue weighted by atomic mass is 10.1. The zero-order valence-corrected chi connectivity index (χ0v) is 13.5. The van der Waals surface area contributed by atoms with Crippen molar-refractivity contribution in [3.8, 4) is 17.2 Å². The van der Waals surface area contributed by atoms with Crippen molar-refractivity contribution < 1.29 is 9.15 Å². The summed E-state index contributed by atoms with van der Waals surface area (Å²) in [5.41, 5.74) is 0.903. The topological polar surface area (TPSA) is 80.1 Å². The van der Waals surface area contributed by atoms with Gasteiger partial charge in [0.05, 0.1) is 19.6 Å². The molecule has 1 N–H and O–H groups in total. The van der Waals surface area contributed by atoms with Gasteiger partial charge in [-0.3, -0.25) is 4.90 Å². The highest BCUT2D eigenvalue weighted by Gasteiger charge is 2.28. The second-order valence-corrected chi connectivity index (χ2v) is 5.93. The van der Waals surface area contributed by atoms with Gasteiger partial charge in [0.25, 0.3) is 0 Å². The lowest BCUT2D eigenvalue weighted by Gasteiger charge is -2.12. The van der Waals surface area contributed by atoms with Gasteiger partial charge in [-0.15, -0.1) is 10.2 Å². The summed E-state index contributed by atoms with van der Waals surface area (Å²) >= 11 is 0. The van der Waals surface area contributed by atoms with Gasteiger partial charge in [-0.05, 0) is 37.2 Å². The molecule has 0 saturated carbocycles. The Hall–Kier alpha value is -2.67. The SMILES string of the molecule is COc1ccc(-c2nnc(C3CCN(Cc4ncc[nH]4)C3)o2)cc1. The average molecular weight is 325 g/mol. The molecule has 3 aromatic rings. The summed E-state index contributed by atoms with van der Waals surface area (Å²) in [6, 6.07) is 7.63. The van der Waals surface area contributed by atoms with E-state index >= 15 is 0 Å². The molecule has 0 radical (unpaired) electrons. The van der Waals surface area contributed by atoms with Gasteiger partial charge < -0.3 is 14.1 Å². The molecule has 4 rings (SSSR count). The van der Waals surface area contributed by atoms with Crippen LogP contribution in [0.4, 0.5) is 0 Å². The summed E-state index contributed by atoms with van der Waals surface area (Å²) in [4.78, 5) is 9.76. The van der Waals surface area contributed by atoms with E-state index in [0.29, 0.717) is 11.8 Å². The number of ether oxygens (including phenoxy) is 1. The minimum absolute atomic E-state index is 0.277. The highest BCUT2D eigenvalue weighted by atomic mass is 16.5. The third kappa shape index (κ3) is 3.03. The molecule has 0 amide bonds. The fourth-order valence-electron chi connectivity index (χ4n) is 3.02. The fraction of sp³-hybridized carbons (Fsp3) is 0.353. The first-order valence-corrected chi connectivity index (χ1v) is 8.00. The number of benzene rings is 1. The van der Waals surface area contributed by atoms with Gasteiger partial charge in [0.1, 0.15) is 11.6 Å². The number of aromatic nitrogens is 4. The highest BCUT2D eigenvalue weighted by Crippen LogP contribution is 2.29. The molecule has 0 spiro atoms. The third-order valence-electron chi connectivity index (χ3n) is 4.33. The highest BCUT2D eigenvalue weighted by molar-refractivity contribution is 5.54. The van der Waals surface area contributed by atoms with E-state index in [2.05, 4.69) is 25.1 Å². The summed E-state index contributed by atoms with van der Waals surface area (Å²) in [6.45, 7) is 2.74. The van der Waals surface area contributed by atoms with Crippen molar-refractivity contribution in [2.24, 2.45) is 0 Å². The molecule has 2 aromatic heterocycles. The van der Waals surface area contributed by atoms with Crippen LogP contribution in [0.1, 0.15) is 24.1 Å². The first-order chi connectivity index (χ1) is 11.8. The van der Waals surface area contributed by atoms with Crippen LogP contribution in [-0.2, 0) is 6.54 Å². The van der Waals surface area contributed by atoms with Gasteiger partial charge in [-0.1, -0.05) is 0 Å². The molecule has 1 aromatic carbocycles. The maximum atomic E-state index is 5.90. The lowest BCUT2D eigenvalue weighted by molar-refractivity contribution is 0.313. The Bertz CT molecular complexity index is 782. The largest absolute Gasteiger partial charge is 0.497 e. The molecule has 1 saturated heterocycles. The predicted octanol–water partition coefficient (Wildman–Crippen LogP) is 2.46. The fourth-order valence-corrected chi connectivity index (χ4v) is 3.02. The molecule has 24 heavy (non-hydrogen) atoms. The first kappa shape index (κ1) is 14.9. The molecule has 7 nitrogen and oxygen atoms in total. The average Bonchev–Trinajstić information content (AvgIpc) is 3.37. The number of hydrogen-bond donors (Lipinski definition) is 1. The van der Waals surface area contributed by atoms with E-state index in [0.717, 1.165) is 43.2 Å². The Kier molecular flexibility index (Phi) is 4.00. The number of H-pyrrole nitrogens is 1. The van der Waals surface area contributed by atoms with Gasteiger partial charge in [0, 0.05) is 24.5 Å². The summed E-state index contributed by atoms with van der Waals surface area (Å²) in [7, 11) is 1.65. The number of imidazole rings is 1. The maximum absolute atomic E-state index is 5.90. The zero-order chi connectivity index (χ0) is 16.4. The number of hydrogen-bond acceptors (Lipinski definition) is 6. The molecule has 0 aliphatic carbocycles. The second kappa shape index (κ2) is 6.45. The molecule has 1 fully saturated rings. The van der Waals surface area contributed by atoms with Crippen LogP contribution in [-0.4, -0.2) is 45.3 Å². The lowest BCUT2D eigenvalue weighted by Crippen LogP contribution is -2.20. The first-order valence-electron chi connectivity index (χ1n) is 8.00. The maximum Gasteiger partial charge on any atom is 0.247 e. The van der Waals surface area contributed by atoms with Gasteiger partial charge in [0.15, 0.2) is 0 Å². The van der Waals surface area contributed by atoms with E-state index in [1.54, 1.807) is 13.3 Å². The van der Waals surface area contributed by atoms with Crippen LogP contribution in [0.5, 0.6) is 5.75 Å². The molecule has 124 valence electrons. The van der Waals surface area contributed by atoms with Crippen LogP contribution in [0.2, 0.25) is 0 Å². The molecule has 1 aliphatic rings. The number of nitrogens with one attached hydrogen (secondary N) is 1. The Morgan fingerprint density at radius 2 is 2.17 bits per heavy atom. The van der Waals surface area contributed by atoms with E-state index in [9.17, 15) is 0 Å². The van der Waals surface area contributed by atoms with Crippen LogP contribution < -0.4 is 4.74 Å².